The van der Waals surface area contributed by atoms with Crippen molar-refractivity contribution in [3.63, 3.8) is 0 Å². The van der Waals surface area contributed by atoms with Crippen LogP contribution in [0, 0.1) is 6.92 Å². The maximum Gasteiger partial charge on any atom is 0.110 e. The molecule has 0 saturated carbocycles. The van der Waals surface area contributed by atoms with Crippen molar-refractivity contribution >= 4 is 11.3 Å². The van der Waals surface area contributed by atoms with Crippen LogP contribution in [-0.2, 0) is 11.2 Å². The average molecular weight is 284 g/mol. The van der Waals surface area contributed by atoms with Crippen LogP contribution in [0.15, 0.2) is 0 Å². The summed E-state index contributed by atoms with van der Waals surface area (Å²) in [5, 5.41) is 4.81. The van der Waals surface area contributed by atoms with Crippen molar-refractivity contribution < 1.29 is 4.74 Å². The molecule has 0 aliphatic carbocycles. The van der Waals surface area contributed by atoms with Gasteiger partial charge in [0.25, 0.3) is 0 Å². The van der Waals surface area contributed by atoms with Gasteiger partial charge in [0.2, 0.25) is 0 Å². The van der Waals surface area contributed by atoms with Crippen molar-refractivity contribution in [2.75, 3.05) is 13.7 Å². The molecule has 0 fully saturated rings. The molecule has 1 rings (SSSR count). The molecule has 1 heterocycles. The van der Waals surface area contributed by atoms with E-state index in [0.29, 0.717) is 6.04 Å². The van der Waals surface area contributed by atoms with Gasteiger partial charge >= 0.3 is 0 Å². The van der Waals surface area contributed by atoms with Gasteiger partial charge in [-0.25, -0.2) is 4.98 Å². The molecule has 0 amide bonds. The first kappa shape index (κ1) is 16.6. The summed E-state index contributed by atoms with van der Waals surface area (Å²) in [5.74, 6) is 0. The number of thiazole rings is 1. The van der Waals surface area contributed by atoms with Crippen LogP contribution in [0.1, 0.15) is 62.2 Å². The van der Waals surface area contributed by atoms with Gasteiger partial charge in [-0.2, -0.15) is 0 Å². The first-order valence-corrected chi connectivity index (χ1v) is 7.99. The van der Waals surface area contributed by atoms with Crippen molar-refractivity contribution in [2.45, 2.75) is 65.5 Å². The zero-order valence-corrected chi connectivity index (χ0v) is 14.0. The fourth-order valence-corrected chi connectivity index (χ4v) is 3.15. The predicted molar refractivity (Wildman–Crippen MR) is 83.0 cm³/mol. The summed E-state index contributed by atoms with van der Waals surface area (Å²) in [7, 11) is 1.78. The molecule has 0 radical (unpaired) electrons. The highest BCUT2D eigenvalue weighted by Crippen LogP contribution is 2.30. The Hall–Kier alpha value is -0.450. The quantitative estimate of drug-likeness (QED) is 0.787. The molecule has 3 nitrogen and oxygen atoms in total. The fraction of sp³-hybridized carbons (Fsp3) is 0.800. The Labute approximate surface area is 121 Å². The van der Waals surface area contributed by atoms with Gasteiger partial charge in [-0.15, -0.1) is 11.3 Å². The number of rotatable bonds is 8. The number of aryl methyl sites for hydroxylation is 2. The third kappa shape index (κ3) is 4.86. The van der Waals surface area contributed by atoms with Gasteiger partial charge in [0.05, 0.1) is 17.3 Å². The Morgan fingerprint density at radius 1 is 1.37 bits per heavy atom. The van der Waals surface area contributed by atoms with E-state index in [9.17, 15) is 0 Å². The minimum Gasteiger partial charge on any atom is -0.379 e. The summed E-state index contributed by atoms with van der Waals surface area (Å²) >= 11 is 1.82. The monoisotopic (exact) mass is 284 g/mol. The number of aromatic nitrogens is 1. The Bertz CT molecular complexity index is 387. The van der Waals surface area contributed by atoms with Crippen LogP contribution in [-0.4, -0.2) is 24.2 Å². The third-order valence-corrected chi connectivity index (χ3v) is 4.56. The van der Waals surface area contributed by atoms with Crippen molar-refractivity contribution in [1.29, 1.82) is 0 Å². The van der Waals surface area contributed by atoms with E-state index in [-0.39, 0.29) is 5.60 Å². The molecule has 1 atom stereocenters. The lowest BCUT2D eigenvalue weighted by atomic mass is 9.99. The van der Waals surface area contributed by atoms with Crippen LogP contribution in [0.5, 0.6) is 0 Å². The molecule has 1 aromatic heterocycles. The summed E-state index contributed by atoms with van der Waals surface area (Å²) in [6.07, 6.45) is 3.09. The van der Waals surface area contributed by atoms with Gasteiger partial charge in [0.1, 0.15) is 5.01 Å². The first-order chi connectivity index (χ1) is 8.93. The van der Waals surface area contributed by atoms with Crippen LogP contribution in [0.25, 0.3) is 0 Å². The van der Waals surface area contributed by atoms with Gasteiger partial charge in [-0.05, 0) is 46.6 Å². The first-order valence-electron chi connectivity index (χ1n) is 7.18. The Morgan fingerprint density at radius 3 is 2.53 bits per heavy atom. The van der Waals surface area contributed by atoms with Crippen molar-refractivity contribution in [2.24, 2.45) is 0 Å². The Balaban J connectivity index is 2.88. The van der Waals surface area contributed by atoms with Crippen LogP contribution >= 0.6 is 11.3 Å². The van der Waals surface area contributed by atoms with E-state index in [2.05, 4.69) is 39.9 Å². The highest BCUT2D eigenvalue weighted by Gasteiger charge is 2.26. The zero-order valence-electron chi connectivity index (χ0n) is 13.2. The topological polar surface area (TPSA) is 34.1 Å². The molecule has 0 aliphatic rings. The standard InChI is InChI=1S/C15H28N2OS/c1-7-9-16-13(10-15(4,5)18-6)14-17-12(8-2)11(3)19-14/h13,16H,7-10H2,1-6H3. The lowest BCUT2D eigenvalue weighted by Crippen LogP contribution is -2.32. The largest absolute Gasteiger partial charge is 0.379 e. The molecule has 19 heavy (non-hydrogen) atoms. The van der Waals surface area contributed by atoms with Crippen LogP contribution < -0.4 is 5.32 Å². The smallest absolute Gasteiger partial charge is 0.110 e. The second kappa shape index (κ2) is 7.36. The molecule has 4 heteroatoms. The van der Waals surface area contributed by atoms with Crippen LogP contribution in [0.2, 0.25) is 0 Å². The molecule has 110 valence electrons. The number of hydrogen-bond donors (Lipinski definition) is 1. The van der Waals surface area contributed by atoms with E-state index < -0.39 is 0 Å². The summed E-state index contributed by atoms with van der Waals surface area (Å²) in [4.78, 5) is 6.14. The average Bonchev–Trinajstić information content (AvgIpc) is 2.75. The molecule has 1 aromatic rings. The van der Waals surface area contributed by atoms with Crippen LogP contribution in [0.4, 0.5) is 0 Å². The molecular formula is C15H28N2OS. The number of methoxy groups -OCH3 is 1. The van der Waals surface area contributed by atoms with E-state index in [4.69, 9.17) is 9.72 Å². The highest BCUT2D eigenvalue weighted by molar-refractivity contribution is 7.11. The maximum absolute atomic E-state index is 5.57. The van der Waals surface area contributed by atoms with E-state index >= 15 is 0 Å². The molecule has 0 aromatic carbocycles. The molecule has 0 saturated heterocycles. The van der Waals surface area contributed by atoms with Crippen molar-refractivity contribution in [3.8, 4) is 0 Å². The zero-order chi connectivity index (χ0) is 14.5. The molecular weight excluding hydrogens is 256 g/mol. The second-order valence-electron chi connectivity index (χ2n) is 5.58. The lowest BCUT2D eigenvalue weighted by Gasteiger charge is -2.28. The lowest BCUT2D eigenvalue weighted by molar-refractivity contribution is 0.00682. The summed E-state index contributed by atoms with van der Waals surface area (Å²) in [5.41, 5.74) is 1.11. The Morgan fingerprint density at radius 2 is 2.05 bits per heavy atom. The number of nitrogens with one attached hydrogen (secondary N) is 1. The van der Waals surface area contributed by atoms with E-state index in [0.717, 1.165) is 25.8 Å². The number of ether oxygens (including phenoxy) is 1. The maximum atomic E-state index is 5.57. The van der Waals surface area contributed by atoms with E-state index in [1.165, 1.54) is 15.6 Å². The minimum absolute atomic E-state index is 0.128. The molecule has 0 bridgehead atoms. The van der Waals surface area contributed by atoms with Gasteiger partial charge in [0, 0.05) is 12.0 Å². The summed E-state index contributed by atoms with van der Waals surface area (Å²) in [6, 6.07) is 0.291. The second-order valence-corrected chi connectivity index (χ2v) is 6.82. The number of nitrogens with zero attached hydrogens (tertiary/aromatic N) is 1. The fourth-order valence-electron chi connectivity index (χ4n) is 2.07. The van der Waals surface area contributed by atoms with Crippen molar-refractivity contribution in [3.05, 3.63) is 15.6 Å². The van der Waals surface area contributed by atoms with Crippen molar-refractivity contribution in [1.82, 2.24) is 10.3 Å². The SMILES string of the molecule is CCCNC(CC(C)(C)OC)c1nc(CC)c(C)s1. The third-order valence-electron chi connectivity index (χ3n) is 3.43. The summed E-state index contributed by atoms with van der Waals surface area (Å²) < 4.78 is 5.57. The molecule has 0 spiro atoms. The van der Waals surface area contributed by atoms with Gasteiger partial charge in [-0.1, -0.05) is 13.8 Å². The van der Waals surface area contributed by atoms with Crippen LogP contribution in [0.3, 0.4) is 0 Å². The summed E-state index contributed by atoms with van der Waals surface area (Å²) in [6.45, 7) is 11.8. The van der Waals surface area contributed by atoms with Gasteiger partial charge in [0.15, 0.2) is 0 Å². The molecule has 1 N–H and O–H groups in total. The Kier molecular flexibility index (Phi) is 6.43. The van der Waals surface area contributed by atoms with E-state index in [1.54, 1.807) is 7.11 Å². The molecule has 1 unspecified atom stereocenters. The van der Waals surface area contributed by atoms with Gasteiger partial charge < -0.3 is 10.1 Å². The highest BCUT2D eigenvalue weighted by atomic mass is 32.1. The normalized spacial score (nSPS) is 13.8. The number of hydrogen-bond acceptors (Lipinski definition) is 4. The van der Waals surface area contributed by atoms with E-state index in [1.807, 2.05) is 11.3 Å². The minimum atomic E-state index is -0.128. The predicted octanol–water partition coefficient (Wildman–Crippen LogP) is 3.87. The van der Waals surface area contributed by atoms with Gasteiger partial charge in [-0.3, -0.25) is 0 Å². The molecule has 0 aliphatic heterocycles.